The quantitative estimate of drug-likeness (QED) is 0.788. The third-order valence-corrected chi connectivity index (χ3v) is 9.53. The molecule has 2 atom stereocenters. The van der Waals surface area contributed by atoms with Gasteiger partial charge in [0.2, 0.25) is 5.91 Å². The van der Waals surface area contributed by atoms with E-state index in [-0.39, 0.29) is 24.3 Å². The molecule has 1 saturated heterocycles. The highest BCUT2D eigenvalue weighted by molar-refractivity contribution is 7.99. The van der Waals surface area contributed by atoms with Crippen LogP contribution in [-0.4, -0.2) is 37.5 Å². The van der Waals surface area contributed by atoms with Crippen LogP contribution in [0.5, 0.6) is 0 Å². The van der Waals surface area contributed by atoms with Crippen LogP contribution in [0.15, 0.2) is 44.8 Å². The first-order valence-electron chi connectivity index (χ1n) is 9.21. The molecule has 1 aromatic carbocycles. The van der Waals surface area contributed by atoms with E-state index in [0.29, 0.717) is 23.6 Å². The van der Waals surface area contributed by atoms with E-state index in [9.17, 15) is 17.6 Å². The number of thiophene rings is 1. The lowest BCUT2D eigenvalue weighted by atomic mass is 9.97. The number of halogens is 1. The fourth-order valence-corrected chi connectivity index (χ4v) is 7.49. The van der Waals surface area contributed by atoms with E-state index in [4.69, 9.17) is 0 Å². The van der Waals surface area contributed by atoms with E-state index in [1.54, 1.807) is 35.3 Å². The summed E-state index contributed by atoms with van der Waals surface area (Å²) in [5.74, 6) is -0.00714. The van der Waals surface area contributed by atoms with E-state index in [2.05, 4.69) is 5.32 Å². The SMILES string of the molecule is O=C(N[C@H]1CCSc2ccc(F)cc21)[C@H]1CCCN(S(=O)(=O)c2cccs2)C1. The van der Waals surface area contributed by atoms with Crippen LogP contribution in [-0.2, 0) is 14.8 Å². The number of fused-ring (bicyclic) bond motifs is 1. The standard InChI is InChI=1S/C19H21FN2O3S3/c20-14-5-6-17-15(11-14)16(7-10-26-17)21-19(23)13-3-1-8-22(12-13)28(24,25)18-4-2-9-27-18/h2,4-6,9,11,13,16H,1,3,7-8,10,12H2,(H,21,23)/t13-,16-/m0/s1. The maximum atomic E-state index is 13.7. The number of hydrogen-bond donors (Lipinski definition) is 1. The van der Waals surface area contributed by atoms with Gasteiger partial charge in [-0.1, -0.05) is 6.07 Å². The summed E-state index contributed by atoms with van der Waals surface area (Å²) in [6, 6.07) is 7.75. The molecule has 1 fully saturated rings. The van der Waals surface area contributed by atoms with Crippen molar-refractivity contribution in [2.24, 2.45) is 5.92 Å². The Hall–Kier alpha value is -1.42. The van der Waals surface area contributed by atoms with Crippen LogP contribution in [0.3, 0.4) is 0 Å². The summed E-state index contributed by atoms with van der Waals surface area (Å²) in [6.45, 7) is 0.613. The third kappa shape index (κ3) is 3.98. The second kappa shape index (κ2) is 8.14. The van der Waals surface area contributed by atoms with Crippen molar-refractivity contribution in [2.75, 3.05) is 18.8 Å². The van der Waals surface area contributed by atoms with Gasteiger partial charge in [-0.05, 0) is 54.5 Å². The largest absolute Gasteiger partial charge is 0.349 e. The van der Waals surface area contributed by atoms with Gasteiger partial charge >= 0.3 is 0 Å². The molecule has 0 spiro atoms. The molecular weight excluding hydrogens is 419 g/mol. The Labute approximate surface area is 172 Å². The number of sulfonamides is 1. The molecule has 9 heteroatoms. The zero-order valence-electron chi connectivity index (χ0n) is 15.1. The van der Waals surface area contributed by atoms with Crippen LogP contribution < -0.4 is 5.32 Å². The van der Waals surface area contributed by atoms with Crippen LogP contribution in [0, 0.1) is 11.7 Å². The lowest BCUT2D eigenvalue weighted by Gasteiger charge is -2.33. The lowest BCUT2D eigenvalue weighted by Crippen LogP contribution is -2.46. The molecule has 4 rings (SSSR count). The lowest BCUT2D eigenvalue weighted by molar-refractivity contribution is -0.126. The molecule has 150 valence electrons. The zero-order chi connectivity index (χ0) is 19.7. The smallest absolute Gasteiger partial charge is 0.252 e. The molecule has 2 aromatic rings. The summed E-state index contributed by atoms with van der Waals surface area (Å²) >= 11 is 2.85. The fourth-order valence-electron chi connectivity index (χ4n) is 3.72. The molecule has 3 heterocycles. The summed E-state index contributed by atoms with van der Waals surface area (Å²) in [7, 11) is -3.55. The van der Waals surface area contributed by atoms with Gasteiger partial charge in [-0.3, -0.25) is 4.79 Å². The van der Waals surface area contributed by atoms with Crippen molar-refractivity contribution in [3.05, 3.63) is 47.1 Å². The Morgan fingerprint density at radius 2 is 2.11 bits per heavy atom. The van der Waals surface area contributed by atoms with Crippen molar-refractivity contribution < 1.29 is 17.6 Å². The Kier molecular flexibility index (Phi) is 5.78. The number of hydrogen-bond acceptors (Lipinski definition) is 5. The summed E-state index contributed by atoms with van der Waals surface area (Å²) < 4.78 is 40.9. The zero-order valence-corrected chi connectivity index (χ0v) is 17.6. The average Bonchev–Trinajstić information content (AvgIpc) is 3.24. The van der Waals surface area contributed by atoms with E-state index in [0.717, 1.165) is 22.6 Å². The number of piperidine rings is 1. The molecule has 1 N–H and O–H groups in total. The number of nitrogens with zero attached hydrogens (tertiary/aromatic N) is 1. The molecule has 1 aromatic heterocycles. The minimum atomic E-state index is -3.55. The van der Waals surface area contributed by atoms with Crippen molar-refractivity contribution in [1.82, 2.24) is 9.62 Å². The van der Waals surface area contributed by atoms with Crippen molar-refractivity contribution in [2.45, 2.75) is 34.4 Å². The van der Waals surface area contributed by atoms with E-state index < -0.39 is 15.9 Å². The van der Waals surface area contributed by atoms with E-state index in [1.807, 2.05) is 0 Å². The molecule has 0 radical (unpaired) electrons. The Bertz CT molecular complexity index is 963. The minimum Gasteiger partial charge on any atom is -0.349 e. The highest BCUT2D eigenvalue weighted by Crippen LogP contribution is 2.37. The summed E-state index contributed by atoms with van der Waals surface area (Å²) in [5.41, 5.74) is 0.809. The Morgan fingerprint density at radius 1 is 1.25 bits per heavy atom. The topological polar surface area (TPSA) is 66.5 Å². The number of benzene rings is 1. The number of amides is 1. The van der Waals surface area contributed by atoms with Crippen molar-refractivity contribution >= 4 is 39.0 Å². The second-order valence-electron chi connectivity index (χ2n) is 7.01. The van der Waals surface area contributed by atoms with Crippen LogP contribution in [0.2, 0.25) is 0 Å². The number of nitrogens with one attached hydrogen (secondary N) is 1. The molecule has 0 unspecified atom stereocenters. The first-order chi connectivity index (χ1) is 13.4. The van der Waals surface area contributed by atoms with Gasteiger partial charge in [-0.2, -0.15) is 4.31 Å². The number of thioether (sulfide) groups is 1. The van der Waals surface area contributed by atoms with Gasteiger partial charge in [0, 0.05) is 23.7 Å². The van der Waals surface area contributed by atoms with Crippen LogP contribution >= 0.6 is 23.1 Å². The summed E-state index contributed by atoms with van der Waals surface area (Å²) in [4.78, 5) is 13.9. The van der Waals surface area contributed by atoms with Gasteiger partial charge in [-0.25, -0.2) is 12.8 Å². The summed E-state index contributed by atoms with van der Waals surface area (Å²) in [6.07, 6.45) is 2.03. The van der Waals surface area contributed by atoms with Crippen molar-refractivity contribution in [1.29, 1.82) is 0 Å². The van der Waals surface area contributed by atoms with Gasteiger partial charge < -0.3 is 5.32 Å². The van der Waals surface area contributed by atoms with E-state index in [1.165, 1.54) is 27.8 Å². The molecule has 5 nitrogen and oxygen atoms in total. The molecule has 28 heavy (non-hydrogen) atoms. The van der Waals surface area contributed by atoms with Gasteiger partial charge in [0.15, 0.2) is 0 Å². The van der Waals surface area contributed by atoms with Crippen molar-refractivity contribution in [3.8, 4) is 0 Å². The monoisotopic (exact) mass is 440 g/mol. The van der Waals surface area contributed by atoms with E-state index >= 15 is 0 Å². The minimum absolute atomic E-state index is 0.154. The second-order valence-corrected chi connectivity index (χ2v) is 11.3. The predicted molar refractivity (Wildman–Crippen MR) is 108 cm³/mol. The molecule has 0 bridgehead atoms. The number of carbonyl (C=O) groups is 1. The van der Waals surface area contributed by atoms with Gasteiger partial charge in [0.25, 0.3) is 10.0 Å². The van der Waals surface area contributed by atoms with Gasteiger partial charge in [-0.15, -0.1) is 23.1 Å². The highest BCUT2D eigenvalue weighted by Gasteiger charge is 2.35. The maximum absolute atomic E-state index is 13.7. The molecule has 0 aliphatic carbocycles. The van der Waals surface area contributed by atoms with Crippen molar-refractivity contribution in [3.63, 3.8) is 0 Å². The first-order valence-corrected chi connectivity index (χ1v) is 12.5. The van der Waals surface area contributed by atoms with Gasteiger partial charge in [0.1, 0.15) is 10.0 Å². The molecule has 2 aliphatic heterocycles. The Morgan fingerprint density at radius 3 is 2.89 bits per heavy atom. The maximum Gasteiger partial charge on any atom is 0.252 e. The summed E-state index contributed by atoms with van der Waals surface area (Å²) in [5, 5.41) is 4.78. The van der Waals surface area contributed by atoms with Crippen LogP contribution in [0.25, 0.3) is 0 Å². The normalized spacial score (nSPS) is 23.2. The van der Waals surface area contributed by atoms with Crippen LogP contribution in [0.1, 0.15) is 30.9 Å². The molecule has 1 amide bonds. The predicted octanol–water partition coefficient (Wildman–Crippen LogP) is 3.64. The first kappa shape index (κ1) is 19.9. The highest BCUT2D eigenvalue weighted by atomic mass is 32.2. The van der Waals surface area contributed by atoms with Crippen LogP contribution in [0.4, 0.5) is 4.39 Å². The number of carbonyl (C=O) groups excluding carboxylic acids is 1. The average molecular weight is 441 g/mol. The number of rotatable bonds is 4. The molecule has 0 saturated carbocycles. The molecule has 2 aliphatic rings. The third-order valence-electron chi connectivity index (χ3n) is 5.17. The van der Waals surface area contributed by atoms with Gasteiger partial charge in [0.05, 0.1) is 12.0 Å². The molecular formula is C19H21FN2O3S3. The Balaban J connectivity index is 1.47. The fraction of sp³-hybridized carbons (Fsp3) is 0.421.